The molecule has 0 aliphatic heterocycles. The highest BCUT2D eigenvalue weighted by atomic mass is 127. The molecule has 0 atom stereocenters. The van der Waals surface area contributed by atoms with Crippen LogP contribution >= 0.6 is 24.0 Å². The van der Waals surface area contributed by atoms with Gasteiger partial charge in [-0.25, -0.2) is 0 Å². The van der Waals surface area contributed by atoms with E-state index in [0.29, 0.717) is 12.6 Å². The van der Waals surface area contributed by atoms with Crippen LogP contribution in [0.25, 0.3) is 0 Å². The molecule has 0 aliphatic carbocycles. The molecule has 4 nitrogen and oxygen atoms in total. The van der Waals surface area contributed by atoms with Crippen molar-refractivity contribution >= 4 is 29.9 Å². The summed E-state index contributed by atoms with van der Waals surface area (Å²) in [6.45, 7) is 4.23. The monoisotopic (exact) mass is 371 g/mol. The molecule has 110 valence electrons. The zero-order valence-corrected chi connectivity index (χ0v) is 14.0. The molecule has 0 unspecified atom stereocenters. The second kappa shape index (κ2) is 17.0. The average Bonchev–Trinajstić information content (AvgIpc) is 2.33. The zero-order valence-electron chi connectivity index (χ0n) is 11.7. The van der Waals surface area contributed by atoms with Gasteiger partial charge in [0.05, 0.1) is 0 Å². The summed E-state index contributed by atoms with van der Waals surface area (Å²) in [4.78, 5) is 4.26. The normalized spacial score (nSPS) is 11.1. The van der Waals surface area contributed by atoms with Crippen LogP contribution in [0.3, 0.4) is 0 Å². The largest absolute Gasteiger partial charge is 0.396 e. The van der Waals surface area contributed by atoms with Gasteiger partial charge in [-0.1, -0.05) is 39.0 Å². The van der Waals surface area contributed by atoms with Crippen LogP contribution in [0.1, 0.15) is 58.3 Å². The van der Waals surface area contributed by atoms with Gasteiger partial charge in [-0.15, -0.1) is 24.0 Å². The molecule has 18 heavy (non-hydrogen) atoms. The average molecular weight is 371 g/mol. The predicted octanol–water partition coefficient (Wildman–Crippen LogP) is 2.64. The molecule has 5 heteroatoms. The van der Waals surface area contributed by atoms with E-state index in [9.17, 15) is 0 Å². The van der Waals surface area contributed by atoms with Crippen LogP contribution in [0.15, 0.2) is 4.99 Å². The third-order valence-corrected chi connectivity index (χ3v) is 2.68. The minimum Gasteiger partial charge on any atom is -0.396 e. The van der Waals surface area contributed by atoms with Crippen molar-refractivity contribution in [2.75, 3.05) is 19.7 Å². The topological polar surface area (TPSA) is 70.6 Å². The molecular weight excluding hydrogens is 341 g/mol. The molecule has 0 heterocycles. The lowest BCUT2D eigenvalue weighted by atomic mass is 10.2. The first-order chi connectivity index (χ1) is 8.31. The van der Waals surface area contributed by atoms with Crippen molar-refractivity contribution in [3.8, 4) is 0 Å². The quantitative estimate of drug-likeness (QED) is 0.226. The molecule has 0 bridgehead atoms. The third-order valence-electron chi connectivity index (χ3n) is 2.68. The van der Waals surface area contributed by atoms with Gasteiger partial charge in [0.2, 0.25) is 0 Å². The number of hydrogen-bond acceptors (Lipinski definition) is 2. The number of halogens is 1. The first kappa shape index (κ1) is 20.3. The Balaban J connectivity index is 0. The van der Waals surface area contributed by atoms with Crippen LogP contribution < -0.4 is 11.1 Å². The summed E-state index contributed by atoms with van der Waals surface area (Å²) >= 11 is 0. The predicted molar refractivity (Wildman–Crippen MR) is 89.6 cm³/mol. The molecule has 4 N–H and O–H groups in total. The summed E-state index contributed by atoms with van der Waals surface area (Å²) in [5.74, 6) is 0.573. The maximum absolute atomic E-state index is 8.61. The fourth-order valence-electron chi connectivity index (χ4n) is 1.60. The van der Waals surface area contributed by atoms with Crippen molar-refractivity contribution in [1.29, 1.82) is 0 Å². The Labute approximate surface area is 129 Å². The SMILES string of the molecule is CCCCCCNC(N)=NCCCCCCO.I. The standard InChI is InChI=1S/C13H29N3O.HI/c1-2-3-4-7-10-15-13(14)16-11-8-5-6-9-12-17;/h17H,2-12H2,1H3,(H3,14,15,16);1H. The van der Waals surface area contributed by atoms with Crippen molar-refractivity contribution in [2.24, 2.45) is 10.7 Å². The second-order valence-electron chi connectivity index (χ2n) is 4.39. The number of hydrogen-bond donors (Lipinski definition) is 3. The van der Waals surface area contributed by atoms with Gasteiger partial charge in [0.25, 0.3) is 0 Å². The summed E-state index contributed by atoms with van der Waals surface area (Å²) in [6, 6.07) is 0. The second-order valence-corrected chi connectivity index (χ2v) is 4.39. The Hall–Kier alpha value is -0.0400. The van der Waals surface area contributed by atoms with Gasteiger partial charge in [0, 0.05) is 19.7 Å². The van der Waals surface area contributed by atoms with Gasteiger partial charge in [-0.05, 0) is 19.3 Å². The lowest BCUT2D eigenvalue weighted by Crippen LogP contribution is -2.32. The van der Waals surface area contributed by atoms with Crippen LogP contribution in [0, 0.1) is 0 Å². The Bertz CT molecular complexity index is 189. The summed E-state index contributed by atoms with van der Waals surface area (Å²) < 4.78 is 0. The summed E-state index contributed by atoms with van der Waals surface area (Å²) in [7, 11) is 0. The fourth-order valence-corrected chi connectivity index (χ4v) is 1.60. The molecule has 0 aromatic heterocycles. The van der Waals surface area contributed by atoms with E-state index >= 15 is 0 Å². The van der Waals surface area contributed by atoms with E-state index in [1.165, 1.54) is 25.7 Å². The fraction of sp³-hybridized carbons (Fsp3) is 0.923. The van der Waals surface area contributed by atoms with E-state index in [1.807, 2.05) is 0 Å². The summed E-state index contributed by atoms with van der Waals surface area (Å²) in [5, 5.41) is 11.7. The van der Waals surface area contributed by atoms with E-state index < -0.39 is 0 Å². The van der Waals surface area contributed by atoms with E-state index in [-0.39, 0.29) is 24.0 Å². The van der Waals surface area contributed by atoms with Gasteiger partial charge >= 0.3 is 0 Å². The van der Waals surface area contributed by atoms with Gasteiger partial charge in [0.1, 0.15) is 0 Å². The lowest BCUT2D eigenvalue weighted by Gasteiger charge is -2.05. The number of nitrogens with zero attached hydrogens (tertiary/aromatic N) is 1. The highest BCUT2D eigenvalue weighted by Crippen LogP contribution is 1.99. The smallest absolute Gasteiger partial charge is 0.188 e. The first-order valence-corrected chi connectivity index (χ1v) is 6.96. The lowest BCUT2D eigenvalue weighted by molar-refractivity contribution is 0.282. The third kappa shape index (κ3) is 16.0. The molecule has 0 saturated heterocycles. The van der Waals surface area contributed by atoms with Crippen molar-refractivity contribution in [1.82, 2.24) is 5.32 Å². The maximum Gasteiger partial charge on any atom is 0.188 e. The number of nitrogens with one attached hydrogen (secondary N) is 1. The number of rotatable bonds is 11. The molecule has 0 radical (unpaired) electrons. The van der Waals surface area contributed by atoms with Gasteiger partial charge in [0.15, 0.2) is 5.96 Å². The van der Waals surface area contributed by atoms with E-state index in [1.54, 1.807) is 0 Å². The Morgan fingerprint density at radius 2 is 1.72 bits per heavy atom. The Kier molecular flexibility index (Phi) is 19.1. The van der Waals surface area contributed by atoms with Crippen LogP contribution in [0.2, 0.25) is 0 Å². The molecule has 0 spiro atoms. The summed E-state index contributed by atoms with van der Waals surface area (Å²) in [5.41, 5.74) is 5.73. The number of nitrogens with two attached hydrogens (primary N) is 1. The van der Waals surface area contributed by atoms with Gasteiger partial charge in [-0.2, -0.15) is 0 Å². The van der Waals surface area contributed by atoms with Crippen LogP contribution in [-0.4, -0.2) is 30.8 Å². The molecule has 0 aromatic carbocycles. The molecule has 0 amide bonds. The van der Waals surface area contributed by atoms with E-state index in [0.717, 1.165) is 38.8 Å². The number of aliphatic imine (C=N–C) groups is 1. The number of unbranched alkanes of at least 4 members (excludes halogenated alkanes) is 6. The minimum atomic E-state index is 0. The van der Waals surface area contributed by atoms with E-state index in [4.69, 9.17) is 10.8 Å². The molecule has 0 fully saturated rings. The number of aliphatic hydroxyl groups is 1. The number of aliphatic hydroxyl groups excluding tert-OH is 1. The minimum absolute atomic E-state index is 0. The maximum atomic E-state index is 8.61. The Morgan fingerprint density at radius 1 is 1.06 bits per heavy atom. The van der Waals surface area contributed by atoms with Gasteiger partial charge in [-0.3, -0.25) is 4.99 Å². The van der Waals surface area contributed by atoms with Crippen molar-refractivity contribution < 1.29 is 5.11 Å². The van der Waals surface area contributed by atoms with Crippen LogP contribution in [0.4, 0.5) is 0 Å². The molecule has 0 saturated carbocycles. The van der Waals surface area contributed by atoms with Crippen LogP contribution in [-0.2, 0) is 0 Å². The van der Waals surface area contributed by atoms with Gasteiger partial charge < -0.3 is 16.2 Å². The molecule has 0 rings (SSSR count). The highest BCUT2D eigenvalue weighted by molar-refractivity contribution is 14.0. The molecule has 0 aromatic rings. The number of guanidine groups is 1. The molecular formula is C13H30IN3O. The highest BCUT2D eigenvalue weighted by Gasteiger charge is 1.92. The van der Waals surface area contributed by atoms with Crippen LogP contribution in [0.5, 0.6) is 0 Å². The zero-order chi connectivity index (χ0) is 12.8. The first-order valence-electron chi connectivity index (χ1n) is 6.96. The molecule has 0 aliphatic rings. The summed E-state index contributed by atoms with van der Waals surface area (Å²) in [6.07, 6.45) is 9.14. The van der Waals surface area contributed by atoms with Crippen molar-refractivity contribution in [3.63, 3.8) is 0 Å². The van der Waals surface area contributed by atoms with E-state index in [2.05, 4.69) is 17.2 Å². The van der Waals surface area contributed by atoms with Crippen molar-refractivity contribution in [2.45, 2.75) is 58.3 Å². The Morgan fingerprint density at radius 3 is 2.39 bits per heavy atom. The van der Waals surface area contributed by atoms with Crippen molar-refractivity contribution in [3.05, 3.63) is 0 Å².